The predicted octanol–water partition coefficient (Wildman–Crippen LogP) is 3.32. The Kier molecular flexibility index (Phi) is 2.11. The van der Waals surface area contributed by atoms with Crippen LogP contribution in [0.5, 0.6) is 0 Å². The van der Waals surface area contributed by atoms with Crippen molar-refractivity contribution in [1.29, 1.82) is 0 Å². The van der Waals surface area contributed by atoms with Gasteiger partial charge in [-0.05, 0) is 32.3 Å². The summed E-state index contributed by atoms with van der Waals surface area (Å²) in [6.45, 7) is 12.3. The van der Waals surface area contributed by atoms with Crippen molar-refractivity contribution in [2.45, 2.75) is 40.7 Å². The van der Waals surface area contributed by atoms with Crippen molar-refractivity contribution in [2.75, 3.05) is 6.61 Å². The van der Waals surface area contributed by atoms with Gasteiger partial charge in [-0.2, -0.15) is 0 Å². The molecule has 3 atom stereocenters. The first-order valence-corrected chi connectivity index (χ1v) is 5.45. The van der Waals surface area contributed by atoms with E-state index in [1.165, 1.54) is 16.7 Å². The van der Waals surface area contributed by atoms with Gasteiger partial charge in [-0.25, -0.2) is 0 Å². The molecule has 2 rings (SSSR count). The third kappa shape index (κ3) is 1.26. The first-order chi connectivity index (χ1) is 6.47. The van der Waals surface area contributed by atoms with E-state index in [2.05, 4.69) is 40.7 Å². The Morgan fingerprint density at radius 2 is 1.93 bits per heavy atom. The van der Waals surface area contributed by atoms with E-state index in [1.807, 2.05) is 0 Å². The Balaban J connectivity index is 2.40. The Hall–Kier alpha value is -0.560. The highest BCUT2D eigenvalue weighted by atomic mass is 16.6. The molecule has 0 N–H and O–H groups in total. The van der Waals surface area contributed by atoms with E-state index in [1.54, 1.807) is 0 Å². The maximum Gasteiger partial charge on any atom is 0.0903 e. The Morgan fingerprint density at radius 3 is 2.43 bits per heavy atom. The molecule has 1 heterocycles. The second kappa shape index (κ2) is 2.96. The zero-order valence-electron chi connectivity index (χ0n) is 9.85. The van der Waals surface area contributed by atoms with Crippen molar-refractivity contribution < 1.29 is 4.74 Å². The average Bonchev–Trinajstić information content (AvgIpc) is 2.95. The first kappa shape index (κ1) is 9.97. The molecule has 1 heteroatoms. The van der Waals surface area contributed by atoms with Gasteiger partial charge in [0, 0.05) is 5.41 Å². The van der Waals surface area contributed by atoms with Crippen LogP contribution >= 0.6 is 0 Å². The third-order valence-electron chi connectivity index (χ3n) is 4.32. The van der Waals surface area contributed by atoms with Crippen LogP contribution in [0.15, 0.2) is 22.8 Å². The molecule has 0 radical (unpaired) electrons. The minimum Gasteiger partial charge on any atom is -0.372 e. The topological polar surface area (TPSA) is 12.5 Å². The highest BCUT2D eigenvalue weighted by Crippen LogP contribution is 2.48. The molecule has 1 nitrogen and oxygen atoms in total. The molecule has 3 unspecified atom stereocenters. The number of rotatable bonds is 1. The Morgan fingerprint density at radius 1 is 1.36 bits per heavy atom. The molecular weight excluding hydrogens is 172 g/mol. The molecule has 0 spiro atoms. The fraction of sp³-hybridized carbons (Fsp3) is 0.692. The number of allylic oxidation sites excluding steroid dienone is 3. The predicted molar refractivity (Wildman–Crippen MR) is 59.1 cm³/mol. The number of hydrogen-bond donors (Lipinski definition) is 0. The quantitative estimate of drug-likeness (QED) is 0.581. The summed E-state index contributed by atoms with van der Waals surface area (Å²) in [7, 11) is 0. The average molecular weight is 192 g/mol. The summed E-state index contributed by atoms with van der Waals surface area (Å²) in [5.74, 6) is 0.610. The molecule has 1 aliphatic carbocycles. The van der Waals surface area contributed by atoms with E-state index in [0.29, 0.717) is 12.0 Å². The molecule has 2 aliphatic rings. The smallest absolute Gasteiger partial charge is 0.0903 e. The molecule has 14 heavy (non-hydrogen) atoms. The molecule has 1 aliphatic heterocycles. The van der Waals surface area contributed by atoms with Crippen LogP contribution in [-0.4, -0.2) is 12.7 Å². The summed E-state index contributed by atoms with van der Waals surface area (Å²) in [5, 5.41) is 0. The number of epoxide rings is 1. The van der Waals surface area contributed by atoms with Crippen molar-refractivity contribution in [3.05, 3.63) is 22.8 Å². The van der Waals surface area contributed by atoms with Crippen LogP contribution in [0.2, 0.25) is 0 Å². The van der Waals surface area contributed by atoms with Crippen LogP contribution in [0, 0.1) is 11.3 Å². The van der Waals surface area contributed by atoms with Gasteiger partial charge in [0.1, 0.15) is 0 Å². The molecule has 78 valence electrons. The molecule has 0 aromatic heterocycles. The van der Waals surface area contributed by atoms with Crippen LogP contribution < -0.4 is 0 Å². The van der Waals surface area contributed by atoms with Crippen molar-refractivity contribution in [3.8, 4) is 0 Å². The van der Waals surface area contributed by atoms with E-state index in [-0.39, 0.29) is 5.41 Å². The van der Waals surface area contributed by atoms with Crippen molar-refractivity contribution in [3.63, 3.8) is 0 Å². The van der Waals surface area contributed by atoms with Gasteiger partial charge in [-0.15, -0.1) is 0 Å². The molecule has 1 saturated heterocycles. The van der Waals surface area contributed by atoms with Crippen molar-refractivity contribution in [2.24, 2.45) is 11.3 Å². The van der Waals surface area contributed by atoms with Crippen LogP contribution in [0.1, 0.15) is 34.6 Å². The minimum absolute atomic E-state index is 0.230. The largest absolute Gasteiger partial charge is 0.372 e. The normalized spacial score (nSPS) is 42.5. The fourth-order valence-corrected chi connectivity index (χ4v) is 2.58. The standard InChI is InChI=1S/C13H20O/c1-8-6-13(5,12-7-14-12)11(4)10(3)9(8)2/h6,11-12H,7H2,1-5H3. The molecule has 1 fully saturated rings. The first-order valence-electron chi connectivity index (χ1n) is 5.45. The summed E-state index contributed by atoms with van der Waals surface area (Å²) >= 11 is 0. The van der Waals surface area contributed by atoms with Gasteiger partial charge >= 0.3 is 0 Å². The maximum absolute atomic E-state index is 5.49. The maximum atomic E-state index is 5.49. The second-order valence-electron chi connectivity index (χ2n) is 5.05. The highest BCUT2D eigenvalue weighted by Gasteiger charge is 2.47. The van der Waals surface area contributed by atoms with E-state index in [4.69, 9.17) is 4.74 Å². The van der Waals surface area contributed by atoms with E-state index < -0.39 is 0 Å². The summed E-state index contributed by atoms with van der Waals surface area (Å²) in [4.78, 5) is 0. The lowest BCUT2D eigenvalue weighted by molar-refractivity contribution is 0.214. The van der Waals surface area contributed by atoms with E-state index in [0.717, 1.165) is 6.61 Å². The lowest BCUT2D eigenvalue weighted by atomic mass is 9.66. The van der Waals surface area contributed by atoms with Crippen LogP contribution in [0.3, 0.4) is 0 Å². The molecule has 0 bridgehead atoms. The zero-order valence-corrected chi connectivity index (χ0v) is 9.85. The molecule has 0 amide bonds. The van der Waals surface area contributed by atoms with Gasteiger partial charge in [-0.1, -0.05) is 31.1 Å². The molecule has 0 aromatic rings. The monoisotopic (exact) mass is 192 g/mol. The third-order valence-corrected chi connectivity index (χ3v) is 4.32. The van der Waals surface area contributed by atoms with Gasteiger partial charge in [0.05, 0.1) is 12.7 Å². The zero-order chi connectivity index (χ0) is 10.5. The molecular formula is C13H20O. The summed E-state index contributed by atoms with van der Waals surface area (Å²) in [5.41, 5.74) is 4.66. The van der Waals surface area contributed by atoms with Gasteiger partial charge in [0.25, 0.3) is 0 Å². The van der Waals surface area contributed by atoms with Gasteiger partial charge in [-0.3, -0.25) is 0 Å². The number of ether oxygens (including phenoxy) is 1. The van der Waals surface area contributed by atoms with Gasteiger partial charge < -0.3 is 4.74 Å². The summed E-state index contributed by atoms with van der Waals surface area (Å²) in [6, 6.07) is 0. The van der Waals surface area contributed by atoms with Crippen molar-refractivity contribution >= 4 is 0 Å². The van der Waals surface area contributed by atoms with Crippen LogP contribution in [-0.2, 0) is 4.74 Å². The lowest BCUT2D eigenvalue weighted by Crippen LogP contribution is -2.33. The SMILES string of the molecule is CC1=CC(C)(C2CO2)C(C)C(C)=C1C. The molecule has 0 aromatic carbocycles. The second-order valence-corrected chi connectivity index (χ2v) is 5.05. The Labute approximate surface area is 86.8 Å². The van der Waals surface area contributed by atoms with Crippen LogP contribution in [0.25, 0.3) is 0 Å². The lowest BCUT2D eigenvalue weighted by Gasteiger charge is -2.37. The van der Waals surface area contributed by atoms with Crippen LogP contribution in [0.4, 0.5) is 0 Å². The number of hydrogen-bond acceptors (Lipinski definition) is 1. The van der Waals surface area contributed by atoms with Gasteiger partial charge in [0.15, 0.2) is 0 Å². The minimum atomic E-state index is 0.230. The van der Waals surface area contributed by atoms with E-state index >= 15 is 0 Å². The molecule has 0 saturated carbocycles. The Bertz CT molecular complexity index is 320. The summed E-state index contributed by atoms with van der Waals surface area (Å²) in [6.07, 6.45) is 2.87. The fourth-order valence-electron chi connectivity index (χ4n) is 2.58. The highest BCUT2D eigenvalue weighted by molar-refractivity contribution is 5.40. The summed E-state index contributed by atoms with van der Waals surface area (Å²) < 4.78 is 5.49. The van der Waals surface area contributed by atoms with Gasteiger partial charge in [0.2, 0.25) is 0 Å². The van der Waals surface area contributed by atoms with E-state index in [9.17, 15) is 0 Å². The van der Waals surface area contributed by atoms with Crippen molar-refractivity contribution in [1.82, 2.24) is 0 Å².